The monoisotopic (exact) mass is 476 g/mol. The van der Waals surface area contributed by atoms with Gasteiger partial charge in [0.1, 0.15) is 11.5 Å². The normalized spacial score (nSPS) is 17.2. The van der Waals surface area contributed by atoms with E-state index in [1.165, 1.54) is 18.1 Å². The number of Topliss-reactive ketones (excluding diaryl/α,β-unsaturated/α-hetero) is 1. The summed E-state index contributed by atoms with van der Waals surface area (Å²) >= 11 is 6.26. The molecule has 1 amide bonds. The zero-order chi connectivity index (χ0) is 24.6. The number of amides is 1. The van der Waals surface area contributed by atoms with Gasteiger partial charge >= 0.3 is 0 Å². The van der Waals surface area contributed by atoms with Crippen molar-refractivity contribution in [3.63, 3.8) is 0 Å². The number of ketones is 1. The van der Waals surface area contributed by atoms with Gasteiger partial charge in [0.15, 0.2) is 0 Å². The lowest BCUT2D eigenvalue weighted by molar-refractivity contribution is -0.132. The molecule has 0 aromatic heterocycles. The Kier molecular flexibility index (Phi) is 6.35. The Hall–Kier alpha value is -3.77. The Bertz CT molecular complexity index is 1300. The Morgan fingerprint density at radius 1 is 1.03 bits per heavy atom. The quantitative estimate of drug-likeness (QED) is 0.305. The molecular weight excluding hydrogens is 452 g/mol. The summed E-state index contributed by atoms with van der Waals surface area (Å²) in [7, 11) is 5.36. The van der Waals surface area contributed by atoms with E-state index in [-0.39, 0.29) is 16.4 Å². The fourth-order valence-electron chi connectivity index (χ4n) is 4.12. The van der Waals surface area contributed by atoms with Gasteiger partial charge in [0.25, 0.3) is 11.7 Å². The Labute approximate surface area is 203 Å². The van der Waals surface area contributed by atoms with E-state index in [0.717, 1.165) is 11.3 Å². The first kappa shape index (κ1) is 23.4. The molecule has 1 saturated heterocycles. The number of aryl methyl sites for hydroxylation is 1. The SMILES string of the molecule is COc1ccc(/C(O)=C2/C(=O)C(=O)N(c3cccc(C)c3)C2c2ccc(N(C)C)cc2)cc1Cl. The lowest BCUT2D eigenvalue weighted by Crippen LogP contribution is -2.29. The number of aliphatic hydroxyl groups is 1. The molecule has 34 heavy (non-hydrogen) atoms. The zero-order valence-corrected chi connectivity index (χ0v) is 20.1. The van der Waals surface area contributed by atoms with Gasteiger partial charge in [-0.3, -0.25) is 14.5 Å². The molecule has 4 rings (SSSR count). The van der Waals surface area contributed by atoms with Gasteiger partial charge in [-0.05, 0) is 60.5 Å². The molecule has 0 spiro atoms. The summed E-state index contributed by atoms with van der Waals surface area (Å²) in [5, 5.41) is 11.5. The fraction of sp³-hybridized carbons (Fsp3) is 0.185. The van der Waals surface area contributed by atoms with Crippen molar-refractivity contribution in [2.24, 2.45) is 0 Å². The molecule has 1 atom stereocenters. The highest BCUT2D eigenvalue weighted by molar-refractivity contribution is 6.51. The highest BCUT2D eigenvalue weighted by Crippen LogP contribution is 2.43. The topological polar surface area (TPSA) is 70.1 Å². The highest BCUT2D eigenvalue weighted by Gasteiger charge is 2.47. The number of halogens is 1. The number of nitrogens with zero attached hydrogens (tertiary/aromatic N) is 2. The molecule has 1 N–H and O–H groups in total. The van der Waals surface area contributed by atoms with Crippen LogP contribution in [0, 0.1) is 6.92 Å². The van der Waals surface area contributed by atoms with Crippen LogP contribution >= 0.6 is 11.6 Å². The summed E-state index contributed by atoms with van der Waals surface area (Å²) in [5.74, 6) is -1.31. The van der Waals surface area contributed by atoms with Crippen molar-refractivity contribution in [3.8, 4) is 5.75 Å². The first-order valence-corrected chi connectivity index (χ1v) is 11.1. The second kappa shape index (κ2) is 9.23. The van der Waals surface area contributed by atoms with Gasteiger partial charge in [0.05, 0.1) is 23.7 Å². The summed E-state index contributed by atoms with van der Waals surface area (Å²) in [6.07, 6.45) is 0. The second-order valence-electron chi connectivity index (χ2n) is 8.34. The summed E-state index contributed by atoms with van der Waals surface area (Å²) in [6.45, 7) is 1.92. The average molecular weight is 477 g/mol. The van der Waals surface area contributed by atoms with E-state index in [0.29, 0.717) is 22.6 Å². The molecular formula is C27H25ClN2O4. The maximum Gasteiger partial charge on any atom is 0.300 e. The summed E-state index contributed by atoms with van der Waals surface area (Å²) in [5.41, 5.74) is 3.53. The summed E-state index contributed by atoms with van der Waals surface area (Å²) < 4.78 is 5.19. The van der Waals surface area contributed by atoms with Crippen molar-refractivity contribution in [1.82, 2.24) is 0 Å². The van der Waals surface area contributed by atoms with Crippen molar-refractivity contribution >= 4 is 40.4 Å². The van der Waals surface area contributed by atoms with Crippen molar-refractivity contribution in [1.29, 1.82) is 0 Å². The minimum atomic E-state index is -0.807. The number of rotatable bonds is 5. The Balaban J connectivity index is 1.93. The highest BCUT2D eigenvalue weighted by atomic mass is 35.5. The van der Waals surface area contributed by atoms with Crippen LogP contribution in [0.2, 0.25) is 5.02 Å². The number of hydrogen-bond donors (Lipinski definition) is 1. The Morgan fingerprint density at radius 3 is 2.32 bits per heavy atom. The minimum absolute atomic E-state index is 0.00495. The molecule has 6 nitrogen and oxygen atoms in total. The lowest BCUT2D eigenvalue weighted by atomic mass is 9.94. The predicted molar refractivity (Wildman–Crippen MR) is 135 cm³/mol. The lowest BCUT2D eigenvalue weighted by Gasteiger charge is -2.26. The predicted octanol–water partition coefficient (Wildman–Crippen LogP) is 5.35. The van der Waals surface area contributed by atoms with E-state index in [2.05, 4.69) is 0 Å². The first-order valence-electron chi connectivity index (χ1n) is 10.7. The summed E-state index contributed by atoms with van der Waals surface area (Å²) in [4.78, 5) is 29.9. The van der Waals surface area contributed by atoms with Crippen LogP contribution in [0.5, 0.6) is 5.75 Å². The second-order valence-corrected chi connectivity index (χ2v) is 8.75. The van der Waals surface area contributed by atoms with Gasteiger partial charge in [-0.25, -0.2) is 0 Å². The van der Waals surface area contributed by atoms with E-state index in [9.17, 15) is 14.7 Å². The maximum atomic E-state index is 13.3. The van der Waals surface area contributed by atoms with Crippen LogP contribution < -0.4 is 14.5 Å². The Morgan fingerprint density at radius 2 is 1.74 bits per heavy atom. The molecule has 0 saturated carbocycles. The van der Waals surface area contributed by atoms with Crippen LogP contribution in [0.15, 0.2) is 72.3 Å². The molecule has 0 radical (unpaired) electrons. The van der Waals surface area contributed by atoms with Crippen LogP contribution in [0.25, 0.3) is 5.76 Å². The van der Waals surface area contributed by atoms with E-state index in [1.807, 2.05) is 68.4 Å². The van der Waals surface area contributed by atoms with Crippen molar-refractivity contribution in [2.75, 3.05) is 31.0 Å². The van der Waals surface area contributed by atoms with Gasteiger partial charge in [-0.1, -0.05) is 35.9 Å². The number of benzene rings is 3. The van der Waals surface area contributed by atoms with Crippen LogP contribution in [0.4, 0.5) is 11.4 Å². The first-order chi connectivity index (χ1) is 16.2. The van der Waals surface area contributed by atoms with Gasteiger partial charge in [0, 0.05) is 31.0 Å². The molecule has 1 aliphatic heterocycles. The summed E-state index contributed by atoms with van der Waals surface area (Å²) in [6, 6.07) is 18.8. The van der Waals surface area contributed by atoms with E-state index in [4.69, 9.17) is 16.3 Å². The molecule has 174 valence electrons. The van der Waals surface area contributed by atoms with Crippen LogP contribution in [0.1, 0.15) is 22.7 Å². The largest absolute Gasteiger partial charge is 0.507 e. The molecule has 1 fully saturated rings. The standard InChI is InChI=1S/C27H25ClN2O4/c1-16-6-5-7-20(14-16)30-24(17-8-11-19(12-9-17)29(2)3)23(26(32)27(30)33)25(31)18-10-13-22(34-4)21(28)15-18/h5-15,24,31H,1-4H3/b25-23-. The van der Waals surface area contributed by atoms with Crippen molar-refractivity contribution in [3.05, 3.63) is 94.0 Å². The zero-order valence-electron chi connectivity index (χ0n) is 19.4. The number of anilines is 2. The van der Waals surface area contributed by atoms with Gasteiger partial charge in [-0.2, -0.15) is 0 Å². The number of carbonyl (C=O) groups excluding carboxylic acids is 2. The molecule has 3 aromatic carbocycles. The van der Waals surface area contributed by atoms with Crippen molar-refractivity contribution < 1.29 is 19.4 Å². The van der Waals surface area contributed by atoms with Crippen LogP contribution in [-0.4, -0.2) is 38.0 Å². The number of methoxy groups -OCH3 is 1. The molecule has 0 bridgehead atoms. The van der Waals surface area contributed by atoms with Crippen molar-refractivity contribution in [2.45, 2.75) is 13.0 Å². The van der Waals surface area contributed by atoms with Gasteiger partial charge in [-0.15, -0.1) is 0 Å². The van der Waals surface area contributed by atoms with E-state index >= 15 is 0 Å². The molecule has 1 aliphatic rings. The number of aliphatic hydroxyl groups excluding tert-OH is 1. The van der Waals surface area contributed by atoms with Gasteiger partial charge in [0.2, 0.25) is 0 Å². The number of ether oxygens (including phenoxy) is 1. The molecule has 1 unspecified atom stereocenters. The molecule has 3 aromatic rings. The molecule has 7 heteroatoms. The molecule has 1 heterocycles. The third-order valence-electron chi connectivity index (χ3n) is 5.87. The third kappa shape index (κ3) is 4.13. The smallest absolute Gasteiger partial charge is 0.300 e. The molecule has 0 aliphatic carbocycles. The van der Waals surface area contributed by atoms with Gasteiger partial charge < -0.3 is 14.7 Å². The number of carbonyl (C=O) groups is 2. The maximum absolute atomic E-state index is 13.3. The average Bonchev–Trinajstić information content (AvgIpc) is 3.09. The minimum Gasteiger partial charge on any atom is -0.507 e. The number of hydrogen-bond acceptors (Lipinski definition) is 5. The third-order valence-corrected chi connectivity index (χ3v) is 6.17. The van der Waals surface area contributed by atoms with Crippen LogP contribution in [0.3, 0.4) is 0 Å². The van der Waals surface area contributed by atoms with E-state index in [1.54, 1.807) is 18.2 Å². The van der Waals surface area contributed by atoms with E-state index < -0.39 is 17.7 Å². The van der Waals surface area contributed by atoms with Crippen LogP contribution in [-0.2, 0) is 9.59 Å². The fourth-order valence-corrected chi connectivity index (χ4v) is 4.37.